The smallest absolute Gasteiger partial charge is 0.277 e. The lowest BCUT2D eigenvalue weighted by atomic mass is 10.1. The van der Waals surface area contributed by atoms with Crippen LogP contribution in [-0.4, -0.2) is 50.5 Å². The van der Waals surface area contributed by atoms with Crippen molar-refractivity contribution in [2.45, 2.75) is 25.9 Å². The monoisotopic (exact) mass is 529 g/mol. The van der Waals surface area contributed by atoms with Crippen molar-refractivity contribution in [1.82, 2.24) is 24.8 Å². The number of fused-ring (bicyclic) bond motifs is 1. The number of imidazole rings is 2. The number of anilines is 1. The van der Waals surface area contributed by atoms with Crippen LogP contribution < -0.4 is 21.1 Å². The molecule has 0 atom stereocenters. The van der Waals surface area contributed by atoms with Crippen LogP contribution in [0.25, 0.3) is 16.7 Å². The Morgan fingerprint density at radius 3 is 2.72 bits per heavy atom. The van der Waals surface area contributed by atoms with Crippen LogP contribution in [0.3, 0.4) is 0 Å². The van der Waals surface area contributed by atoms with Gasteiger partial charge in [-0.15, -0.1) is 12.4 Å². The van der Waals surface area contributed by atoms with Crippen LogP contribution in [-0.2, 0) is 0 Å². The third-order valence-corrected chi connectivity index (χ3v) is 6.16. The molecule has 3 heterocycles. The number of hydrogen-bond donors (Lipinski definition) is 4. The summed E-state index contributed by atoms with van der Waals surface area (Å²) in [7, 11) is 0. The molecule has 0 bridgehead atoms. The molecule has 2 amide bonds. The highest BCUT2D eigenvalue weighted by Gasteiger charge is 2.25. The van der Waals surface area contributed by atoms with Crippen molar-refractivity contribution in [1.29, 1.82) is 0 Å². The quantitative estimate of drug-likeness (QED) is 0.300. The fourth-order valence-corrected chi connectivity index (χ4v) is 4.33. The van der Waals surface area contributed by atoms with Crippen molar-refractivity contribution in [3.63, 3.8) is 0 Å². The van der Waals surface area contributed by atoms with Crippen molar-refractivity contribution in [2.24, 2.45) is 5.73 Å². The van der Waals surface area contributed by atoms with Crippen LogP contribution >= 0.6 is 24.0 Å². The number of rotatable bonds is 6. The lowest BCUT2D eigenvalue weighted by Crippen LogP contribution is -2.34. The predicted molar refractivity (Wildman–Crippen MR) is 140 cm³/mol. The van der Waals surface area contributed by atoms with Crippen molar-refractivity contribution < 1.29 is 14.3 Å². The number of H-pyrrole nitrogens is 1. The van der Waals surface area contributed by atoms with Gasteiger partial charge in [-0.05, 0) is 62.7 Å². The molecule has 0 radical (unpaired) electrons. The largest absolute Gasteiger partial charge is 0.490 e. The molecule has 5 rings (SSSR count). The van der Waals surface area contributed by atoms with Crippen LogP contribution in [0.2, 0.25) is 5.02 Å². The number of hydrogen-bond acceptors (Lipinski definition) is 6. The summed E-state index contributed by atoms with van der Waals surface area (Å²) in [6.07, 6.45) is 3.43. The third-order valence-electron chi connectivity index (χ3n) is 5.92. The molecule has 12 heteroatoms. The normalized spacial score (nSPS) is 13.8. The van der Waals surface area contributed by atoms with Crippen molar-refractivity contribution >= 4 is 52.8 Å². The Kier molecular flexibility index (Phi) is 7.48. The molecule has 0 aliphatic carbocycles. The first-order valence-electron chi connectivity index (χ1n) is 11.2. The van der Waals surface area contributed by atoms with Crippen LogP contribution in [0, 0.1) is 6.92 Å². The second kappa shape index (κ2) is 10.6. The molecular formula is C24H25Cl2N7O3. The summed E-state index contributed by atoms with van der Waals surface area (Å²) in [6, 6.07) is 10.8. The number of aromatic nitrogens is 4. The molecule has 1 fully saturated rings. The standard InChI is InChI=1S/C24H24ClN7O3.ClH/c1-13-2-3-14(25)10-19(13)32-12-28-20(22(26)33)21(32)23(34)31-24-29-17-5-4-16(11-18(17)30-24)35-15-6-8-27-9-7-15;/h2-5,10-12,15,27H,6-9H2,1H3,(H2,26,33)(H2,29,30,31,34);1H. The number of ether oxygens (including phenoxy) is 1. The lowest BCUT2D eigenvalue weighted by Gasteiger charge is -2.23. The number of carbonyl (C=O) groups is 2. The van der Waals surface area contributed by atoms with Gasteiger partial charge in [0.1, 0.15) is 23.9 Å². The number of primary amides is 1. The minimum absolute atomic E-state index is 0. The summed E-state index contributed by atoms with van der Waals surface area (Å²) in [5.74, 6) is -0.479. The van der Waals surface area contributed by atoms with E-state index in [-0.39, 0.29) is 35.8 Å². The Morgan fingerprint density at radius 2 is 1.97 bits per heavy atom. The highest BCUT2D eigenvalue weighted by molar-refractivity contribution is 6.30. The van der Waals surface area contributed by atoms with Gasteiger partial charge >= 0.3 is 0 Å². The van der Waals surface area contributed by atoms with Crippen LogP contribution in [0.4, 0.5) is 5.95 Å². The number of aromatic amines is 1. The Bertz CT molecular complexity index is 1430. The van der Waals surface area contributed by atoms with E-state index in [2.05, 4.69) is 25.6 Å². The molecule has 2 aromatic carbocycles. The number of aryl methyl sites for hydroxylation is 1. The van der Waals surface area contributed by atoms with E-state index in [1.165, 1.54) is 10.9 Å². The summed E-state index contributed by atoms with van der Waals surface area (Å²) in [4.78, 5) is 36.9. The molecule has 36 heavy (non-hydrogen) atoms. The van der Waals surface area contributed by atoms with Crippen LogP contribution in [0.5, 0.6) is 5.75 Å². The molecule has 188 valence electrons. The van der Waals surface area contributed by atoms with Gasteiger partial charge in [-0.3, -0.25) is 19.5 Å². The van der Waals surface area contributed by atoms with Crippen molar-refractivity contribution in [2.75, 3.05) is 18.4 Å². The van der Waals surface area contributed by atoms with Gasteiger partial charge in [0.15, 0.2) is 5.69 Å². The fourth-order valence-electron chi connectivity index (χ4n) is 4.16. The van der Waals surface area contributed by atoms with E-state index in [1.54, 1.807) is 12.1 Å². The first-order valence-corrected chi connectivity index (χ1v) is 11.6. The van der Waals surface area contributed by atoms with E-state index < -0.39 is 11.8 Å². The highest BCUT2D eigenvalue weighted by atomic mass is 35.5. The van der Waals surface area contributed by atoms with Crippen LogP contribution in [0.15, 0.2) is 42.7 Å². The third kappa shape index (κ3) is 5.15. The second-order valence-electron chi connectivity index (χ2n) is 8.39. The molecule has 4 aromatic rings. The summed E-state index contributed by atoms with van der Waals surface area (Å²) in [6.45, 7) is 3.73. The van der Waals surface area contributed by atoms with Gasteiger partial charge < -0.3 is 20.8 Å². The SMILES string of the molecule is Cc1ccc(Cl)cc1-n1cnc(C(N)=O)c1C(=O)Nc1nc2cc(OC3CCNCC3)ccc2[nH]1.Cl. The van der Waals surface area contributed by atoms with Crippen LogP contribution in [0.1, 0.15) is 39.4 Å². The topological polar surface area (TPSA) is 140 Å². The summed E-state index contributed by atoms with van der Waals surface area (Å²) in [5, 5.41) is 6.51. The van der Waals surface area contributed by atoms with E-state index in [0.717, 1.165) is 42.8 Å². The molecule has 0 saturated carbocycles. The highest BCUT2D eigenvalue weighted by Crippen LogP contribution is 2.25. The van der Waals surface area contributed by atoms with Gasteiger partial charge in [-0.2, -0.15) is 0 Å². The molecule has 0 spiro atoms. The Labute approximate surface area is 218 Å². The molecule has 10 nitrogen and oxygen atoms in total. The number of nitrogens with zero attached hydrogens (tertiary/aromatic N) is 3. The van der Waals surface area contributed by atoms with E-state index >= 15 is 0 Å². The number of benzene rings is 2. The number of halogens is 2. The summed E-state index contributed by atoms with van der Waals surface area (Å²) in [5.41, 5.74) is 8.13. The van der Waals surface area contributed by atoms with Gasteiger partial charge in [0.2, 0.25) is 5.95 Å². The van der Waals surface area contributed by atoms with E-state index in [0.29, 0.717) is 16.2 Å². The Morgan fingerprint density at radius 1 is 1.19 bits per heavy atom. The van der Waals surface area contributed by atoms with E-state index in [9.17, 15) is 9.59 Å². The van der Waals surface area contributed by atoms with E-state index in [1.807, 2.05) is 31.2 Å². The number of nitrogens with two attached hydrogens (primary N) is 1. The number of amides is 2. The van der Waals surface area contributed by atoms with Crippen molar-refractivity contribution in [3.05, 3.63) is 64.7 Å². The Hall–Kier alpha value is -3.60. The van der Waals surface area contributed by atoms with Crippen molar-refractivity contribution in [3.8, 4) is 11.4 Å². The minimum atomic E-state index is -0.821. The predicted octanol–water partition coefficient (Wildman–Crippen LogP) is 3.61. The van der Waals surface area contributed by atoms with Gasteiger partial charge in [0.25, 0.3) is 11.8 Å². The zero-order chi connectivity index (χ0) is 24.5. The van der Waals surface area contributed by atoms with E-state index in [4.69, 9.17) is 22.1 Å². The lowest BCUT2D eigenvalue weighted by molar-refractivity contribution is 0.0970. The molecule has 1 aliphatic heterocycles. The number of carbonyl (C=O) groups excluding carboxylic acids is 2. The maximum Gasteiger partial charge on any atom is 0.277 e. The number of nitrogens with one attached hydrogen (secondary N) is 3. The van der Waals surface area contributed by atoms with Gasteiger partial charge in [0, 0.05) is 11.1 Å². The summed E-state index contributed by atoms with van der Waals surface area (Å²) < 4.78 is 7.58. The molecule has 0 unspecified atom stereocenters. The zero-order valence-electron chi connectivity index (χ0n) is 19.4. The minimum Gasteiger partial charge on any atom is -0.490 e. The molecule has 1 saturated heterocycles. The second-order valence-corrected chi connectivity index (χ2v) is 8.83. The first kappa shape index (κ1) is 25.5. The number of piperidine rings is 1. The van der Waals surface area contributed by atoms with Gasteiger partial charge in [0.05, 0.1) is 16.7 Å². The fraction of sp³-hybridized carbons (Fsp3) is 0.250. The molecule has 5 N–H and O–H groups in total. The maximum atomic E-state index is 13.3. The first-order chi connectivity index (χ1) is 16.9. The zero-order valence-corrected chi connectivity index (χ0v) is 20.9. The molecular weight excluding hydrogens is 505 g/mol. The average Bonchev–Trinajstić information content (AvgIpc) is 3.45. The average molecular weight is 530 g/mol. The Balaban J connectivity index is 0.00000304. The summed E-state index contributed by atoms with van der Waals surface area (Å²) >= 11 is 6.16. The molecule has 1 aliphatic rings. The van der Waals surface area contributed by atoms with Gasteiger partial charge in [-0.25, -0.2) is 9.97 Å². The van der Waals surface area contributed by atoms with Gasteiger partial charge in [-0.1, -0.05) is 17.7 Å². The molecule has 2 aromatic heterocycles. The maximum absolute atomic E-state index is 13.3.